The summed E-state index contributed by atoms with van der Waals surface area (Å²) in [5.41, 5.74) is 0.842. The van der Waals surface area contributed by atoms with Gasteiger partial charge >= 0.3 is 0 Å². The SMILES string of the molecule is CC[C@@H](C(=O)NC(C)C)N(Cc1ccc(Cl)cc1)C(=O)CCN1C(=O)[C@H]2CC=CC[C@H]2C1=O. The molecule has 1 aromatic rings. The van der Waals surface area contributed by atoms with Gasteiger partial charge in [-0.2, -0.15) is 0 Å². The van der Waals surface area contributed by atoms with E-state index in [1.54, 1.807) is 17.0 Å². The summed E-state index contributed by atoms with van der Waals surface area (Å²) < 4.78 is 0. The van der Waals surface area contributed by atoms with Gasteiger partial charge in [0.1, 0.15) is 6.04 Å². The molecule has 1 fully saturated rings. The van der Waals surface area contributed by atoms with Crippen molar-refractivity contribution in [2.75, 3.05) is 6.54 Å². The molecule has 0 spiro atoms. The molecule has 3 rings (SSSR count). The number of amides is 4. The molecule has 4 amide bonds. The summed E-state index contributed by atoms with van der Waals surface area (Å²) in [6, 6.07) is 6.41. The monoisotopic (exact) mass is 473 g/mol. The number of likely N-dealkylation sites (tertiary alicyclic amines) is 1. The normalized spacial score (nSPS) is 20.7. The third-order valence-electron chi connectivity index (χ3n) is 6.23. The largest absolute Gasteiger partial charge is 0.352 e. The molecular formula is C25H32ClN3O4. The van der Waals surface area contributed by atoms with E-state index in [1.165, 1.54) is 4.90 Å². The highest BCUT2D eigenvalue weighted by Crippen LogP contribution is 2.35. The summed E-state index contributed by atoms with van der Waals surface area (Å²) in [6.45, 7) is 5.86. The number of hydrogen-bond donors (Lipinski definition) is 1. The van der Waals surface area contributed by atoms with E-state index in [4.69, 9.17) is 11.6 Å². The van der Waals surface area contributed by atoms with Crippen LogP contribution in [0, 0.1) is 11.8 Å². The molecule has 1 aliphatic carbocycles. The number of carbonyl (C=O) groups is 4. The van der Waals surface area contributed by atoms with Gasteiger partial charge in [-0.25, -0.2) is 0 Å². The Morgan fingerprint density at radius 2 is 1.67 bits per heavy atom. The summed E-state index contributed by atoms with van der Waals surface area (Å²) in [5, 5.41) is 3.48. The molecular weight excluding hydrogens is 442 g/mol. The lowest BCUT2D eigenvalue weighted by Crippen LogP contribution is -2.51. The van der Waals surface area contributed by atoms with Crippen molar-refractivity contribution < 1.29 is 19.2 Å². The summed E-state index contributed by atoms with van der Waals surface area (Å²) in [7, 11) is 0. The zero-order valence-electron chi connectivity index (χ0n) is 19.4. The van der Waals surface area contributed by atoms with Gasteiger partial charge in [0.25, 0.3) is 0 Å². The average molecular weight is 474 g/mol. The number of allylic oxidation sites excluding steroid dienone is 2. The fraction of sp³-hybridized carbons (Fsp3) is 0.520. The van der Waals surface area contributed by atoms with Crippen LogP contribution in [0.25, 0.3) is 0 Å². The molecule has 0 radical (unpaired) electrons. The van der Waals surface area contributed by atoms with E-state index in [1.807, 2.05) is 45.1 Å². The molecule has 0 aromatic heterocycles. The minimum atomic E-state index is -0.660. The maximum atomic E-state index is 13.3. The lowest BCUT2D eigenvalue weighted by Gasteiger charge is -2.31. The Labute approximate surface area is 200 Å². The zero-order valence-corrected chi connectivity index (χ0v) is 20.2. The van der Waals surface area contributed by atoms with Crippen LogP contribution in [-0.2, 0) is 25.7 Å². The maximum absolute atomic E-state index is 13.3. The Morgan fingerprint density at radius 3 is 2.18 bits per heavy atom. The molecule has 8 heteroatoms. The molecule has 1 heterocycles. The molecule has 3 atom stereocenters. The van der Waals surface area contributed by atoms with E-state index in [2.05, 4.69) is 5.32 Å². The van der Waals surface area contributed by atoms with Gasteiger partial charge in [0.2, 0.25) is 23.6 Å². The van der Waals surface area contributed by atoms with Gasteiger partial charge in [0, 0.05) is 30.6 Å². The van der Waals surface area contributed by atoms with Crippen molar-refractivity contribution in [3.63, 3.8) is 0 Å². The Hall–Kier alpha value is -2.67. The van der Waals surface area contributed by atoms with Crippen molar-refractivity contribution >= 4 is 35.2 Å². The van der Waals surface area contributed by atoms with E-state index in [9.17, 15) is 19.2 Å². The minimum Gasteiger partial charge on any atom is -0.352 e. The molecule has 2 aliphatic rings. The van der Waals surface area contributed by atoms with Gasteiger partial charge in [0.15, 0.2) is 0 Å². The number of rotatable bonds is 9. The average Bonchev–Trinajstić information content (AvgIpc) is 3.02. The molecule has 1 N–H and O–H groups in total. The molecule has 7 nitrogen and oxygen atoms in total. The summed E-state index contributed by atoms with van der Waals surface area (Å²) in [5.74, 6) is -1.53. The predicted octanol–water partition coefficient (Wildman–Crippen LogP) is 3.31. The van der Waals surface area contributed by atoms with Crippen LogP contribution in [0.4, 0.5) is 0 Å². The number of nitrogens with one attached hydrogen (secondary N) is 1. The molecule has 0 unspecified atom stereocenters. The molecule has 0 bridgehead atoms. The van der Waals surface area contributed by atoms with Crippen LogP contribution in [-0.4, -0.2) is 52.1 Å². The van der Waals surface area contributed by atoms with Crippen molar-refractivity contribution in [1.29, 1.82) is 0 Å². The van der Waals surface area contributed by atoms with Crippen molar-refractivity contribution in [3.8, 4) is 0 Å². The van der Waals surface area contributed by atoms with Crippen molar-refractivity contribution in [3.05, 3.63) is 47.0 Å². The number of fused-ring (bicyclic) bond motifs is 1. The summed E-state index contributed by atoms with van der Waals surface area (Å²) >= 11 is 5.99. The maximum Gasteiger partial charge on any atom is 0.243 e. The molecule has 1 aliphatic heterocycles. The predicted molar refractivity (Wildman–Crippen MR) is 126 cm³/mol. The molecule has 0 saturated carbocycles. The van der Waals surface area contributed by atoms with Crippen LogP contribution in [0.5, 0.6) is 0 Å². The molecule has 1 saturated heterocycles. The number of imide groups is 1. The Kier molecular flexibility index (Phi) is 8.30. The van der Waals surface area contributed by atoms with Gasteiger partial charge in [-0.05, 0) is 50.8 Å². The number of nitrogens with zero attached hydrogens (tertiary/aromatic N) is 2. The fourth-order valence-corrected chi connectivity index (χ4v) is 4.65. The van der Waals surface area contributed by atoms with Gasteiger partial charge in [-0.3, -0.25) is 24.1 Å². The van der Waals surface area contributed by atoms with E-state index in [0.717, 1.165) is 5.56 Å². The third-order valence-corrected chi connectivity index (χ3v) is 6.48. The standard InChI is InChI=1S/C25H32ClN3O4/c1-4-21(23(31)27-16(2)3)29(15-17-9-11-18(26)12-10-17)22(30)13-14-28-24(32)19-7-5-6-8-20(19)25(28)33/h5-6,9-12,16,19-21H,4,7-8,13-15H2,1-3H3,(H,27,31)/t19-,20+,21-/m0/s1. The topological polar surface area (TPSA) is 86.8 Å². The smallest absolute Gasteiger partial charge is 0.243 e. The first kappa shape index (κ1) is 25.0. The zero-order chi connectivity index (χ0) is 24.1. The fourth-order valence-electron chi connectivity index (χ4n) is 4.53. The van der Waals surface area contributed by atoms with Crippen LogP contribution in [0.15, 0.2) is 36.4 Å². The number of carbonyl (C=O) groups excluding carboxylic acids is 4. The minimum absolute atomic E-state index is 0.0244. The van der Waals surface area contributed by atoms with Crippen molar-refractivity contribution in [1.82, 2.24) is 15.1 Å². The second-order valence-electron chi connectivity index (χ2n) is 8.97. The van der Waals surface area contributed by atoms with Crippen molar-refractivity contribution in [2.45, 2.75) is 65.1 Å². The van der Waals surface area contributed by atoms with Crippen LogP contribution in [0.3, 0.4) is 0 Å². The Morgan fingerprint density at radius 1 is 1.09 bits per heavy atom. The lowest BCUT2D eigenvalue weighted by atomic mass is 9.85. The quantitative estimate of drug-likeness (QED) is 0.440. The Bertz CT molecular complexity index is 902. The van der Waals surface area contributed by atoms with Gasteiger partial charge in [-0.1, -0.05) is 42.8 Å². The first-order chi connectivity index (χ1) is 15.7. The number of hydrogen-bond acceptors (Lipinski definition) is 4. The first-order valence-corrected chi connectivity index (χ1v) is 11.9. The number of benzene rings is 1. The van der Waals surface area contributed by atoms with Gasteiger partial charge < -0.3 is 10.2 Å². The second kappa shape index (κ2) is 11.0. The van der Waals surface area contributed by atoms with Crippen LogP contribution in [0.1, 0.15) is 52.0 Å². The highest BCUT2D eigenvalue weighted by Gasteiger charge is 2.47. The van der Waals surface area contributed by atoms with Crippen LogP contribution < -0.4 is 5.32 Å². The molecule has 33 heavy (non-hydrogen) atoms. The van der Waals surface area contributed by atoms with Gasteiger partial charge in [-0.15, -0.1) is 0 Å². The Balaban J connectivity index is 1.75. The van der Waals surface area contributed by atoms with E-state index < -0.39 is 6.04 Å². The summed E-state index contributed by atoms with van der Waals surface area (Å²) in [4.78, 5) is 54.5. The van der Waals surface area contributed by atoms with E-state index in [-0.39, 0.29) is 61.0 Å². The van der Waals surface area contributed by atoms with Crippen molar-refractivity contribution in [2.24, 2.45) is 11.8 Å². The van der Waals surface area contributed by atoms with Crippen LogP contribution >= 0.6 is 11.6 Å². The first-order valence-electron chi connectivity index (χ1n) is 11.6. The van der Waals surface area contributed by atoms with E-state index >= 15 is 0 Å². The number of halogens is 1. The highest BCUT2D eigenvalue weighted by atomic mass is 35.5. The summed E-state index contributed by atoms with van der Waals surface area (Å²) in [6.07, 6.45) is 5.42. The van der Waals surface area contributed by atoms with E-state index in [0.29, 0.717) is 24.3 Å². The second-order valence-corrected chi connectivity index (χ2v) is 9.41. The lowest BCUT2D eigenvalue weighted by molar-refractivity contribution is -0.144. The highest BCUT2D eigenvalue weighted by molar-refractivity contribution is 6.30. The third kappa shape index (κ3) is 5.82. The molecule has 1 aromatic carbocycles. The molecule has 178 valence electrons. The van der Waals surface area contributed by atoms with Gasteiger partial charge in [0.05, 0.1) is 11.8 Å². The van der Waals surface area contributed by atoms with Crippen LogP contribution in [0.2, 0.25) is 5.02 Å².